The number of carbonyl (C=O) groups excluding carboxylic acids is 1. The average molecular weight is 270 g/mol. The molecule has 1 aliphatic rings. The van der Waals surface area contributed by atoms with Crippen LogP contribution in [0.3, 0.4) is 0 Å². The van der Waals surface area contributed by atoms with Crippen LogP contribution in [0.15, 0.2) is 48.1 Å². The number of hydrazone groups is 1. The van der Waals surface area contributed by atoms with Crippen LogP contribution >= 0.6 is 0 Å². The summed E-state index contributed by atoms with van der Waals surface area (Å²) in [6.07, 6.45) is 5.38. The highest BCUT2D eigenvalue weighted by atomic mass is 19.1. The van der Waals surface area contributed by atoms with Crippen LogP contribution in [0.5, 0.6) is 0 Å². The molecule has 0 radical (unpaired) electrons. The van der Waals surface area contributed by atoms with E-state index in [4.69, 9.17) is 0 Å². The van der Waals surface area contributed by atoms with Crippen LogP contribution in [0.1, 0.15) is 22.3 Å². The highest BCUT2D eigenvalue weighted by molar-refractivity contribution is 6.04. The van der Waals surface area contributed by atoms with Crippen LogP contribution in [-0.4, -0.2) is 33.1 Å². The van der Waals surface area contributed by atoms with Crippen molar-refractivity contribution in [3.05, 3.63) is 59.9 Å². The number of amides is 1. The molecule has 0 N–H and O–H groups in total. The van der Waals surface area contributed by atoms with Gasteiger partial charge < -0.3 is 0 Å². The summed E-state index contributed by atoms with van der Waals surface area (Å²) in [5.74, 6) is -0.743. The van der Waals surface area contributed by atoms with Gasteiger partial charge >= 0.3 is 0 Å². The predicted molar refractivity (Wildman–Crippen MR) is 70.6 cm³/mol. The fraction of sp³-hybridized carbons (Fsp3) is 0.143. The topological polar surface area (TPSA) is 58.5 Å². The Morgan fingerprint density at radius 1 is 1.25 bits per heavy atom. The highest BCUT2D eigenvalue weighted by Gasteiger charge is 2.23. The largest absolute Gasteiger partial charge is 0.274 e. The first-order chi connectivity index (χ1) is 9.74. The quantitative estimate of drug-likeness (QED) is 0.837. The van der Waals surface area contributed by atoms with Crippen molar-refractivity contribution in [1.29, 1.82) is 0 Å². The van der Waals surface area contributed by atoms with E-state index in [2.05, 4.69) is 15.1 Å². The lowest BCUT2D eigenvalue weighted by Crippen LogP contribution is -2.23. The van der Waals surface area contributed by atoms with Gasteiger partial charge in [0.1, 0.15) is 12.1 Å². The standard InChI is InChI=1S/C14H11FN4O/c15-12-3-1-2-10(6-12)14(20)19-5-4-13(18-19)11-7-16-9-17-8-11/h1-3,6-9H,4-5H2. The van der Waals surface area contributed by atoms with Crippen molar-refractivity contribution < 1.29 is 9.18 Å². The van der Waals surface area contributed by atoms with Crippen LogP contribution in [-0.2, 0) is 0 Å². The number of benzene rings is 1. The maximum atomic E-state index is 13.1. The van der Waals surface area contributed by atoms with E-state index in [1.807, 2.05) is 0 Å². The smallest absolute Gasteiger partial charge is 0.267 e. The van der Waals surface area contributed by atoms with Gasteiger partial charge in [-0.2, -0.15) is 5.10 Å². The molecule has 1 amide bonds. The minimum Gasteiger partial charge on any atom is -0.267 e. The molecule has 5 nitrogen and oxygen atoms in total. The van der Waals surface area contributed by atoms with Crippen molar-refractivity contribution in [2.45, 2.75) is 6.42 Å². The number of hydrogen-bond donors (Lipinski definition) is 0. The molecular weight excluding hydrogens is 259 g/mol. The summed E-state index contributed by atoms with van der Waals surface area (Å²) in [5, 5.41) is 5.61. The van der Waals surface area contributed by atoms with E-state index in [1.54, 1.807) is 18.5 Å². The van der Waals surface area contributed by atoms with Gasteiger partial charge in [0.15, 0.2) is 0 Å². The molecule has 0 saturated heterocycles. The Balaban J connectivity index is 1.83. The molecule has 0 unspecified atom stereocenters. The zero-order valence-electron chi connectivity index (χ0n) is 10.5. The lowest BCUT2D eigenvalue weighted by molar-refractivity contribution is 0.0778. The Bertz CT molecular complexity index is 672. The maximum Gasteiger partial charge on any atom is 0.274 e. The summed E-state index contributed by atoms with van der Waals surface area (Å²) >= 11 is 0. The van der Waals surface area contributed by atoms with Crippen LogP contribution in [0.4, 0.5) is 4.39 Å². The number of halogens is 1. The summed E-state index contributed by atoms with van der Waals surface area (Å²) in [4.78, 5) is 20.0. The Hall–Kier alpha value is -2.63. The zero-order valence-corrected chi connectivity index (χ0v) is 10.5. The van der Waals surface area contributed by atoms with Gasteiger partial charge in [-0.1, -0.05) is 6.07 Å². The summed E-state index contributed by atoms with van der Waals surface area (Å²) in [6, 6.07) is 5.59. The van der Waals surface area contributed by atoms with Crippen LogP contribution in [0.2, 0.25) is 0 Å². The molecule has 1 aliphatic heterocycles. The molecule has 0 bridgehead atoms. The summed E-state index contributed by atoms with van der Waals surface area (Å²) < 4.78 is 13.1. The first-order valence-corrected chi connectivity index (χ1v) is 6.14. The molecule has 2 aromatic rings. The number of rotatable bonds is 2. The van der Waals surface area contributed by atoms with Crippen molar-refractivity contribution >= 4 is 11.6 Å². The minimum absolute atomic E-state index is 0.291. The van der Waals surface area contributed by atoms with E-state index in [-0.39, 0.29) is 5.91 Å². The van der Waals surface area contributed by atoms with Gasteiger partial charge in [-0.05, 0) is 18.2 Å². The minimum atomic E-state index is -0.435. The molecule has 0 aliphatic carbocycles. The van der Waals surface area contributed by atoms with E-state index in [0.717, 1.165) is 11.3 Å². The lowest BCUT2D eigenvalue weighted by Gasteiger charge is -2.11. The molecule has 20 heavy (non-hydrogen) atoms. The first kappa shape index (κ1) is 12.4. The second kappa shape index (κ2) is 5.16. The highest BCUT2D eigenvalue weighted by Crippen LogP contribution is 2.16. The molecule has 6 heteroatoms. The molecule has 2 heterocycles. The van der Waals surface area contributed by atoms with E-state index in [9.17, 15) is 9.18 Å². The van der Waals surface area contributed by atoms with E-state index in [1.165, 1.54) is 29.5 Å². The number of hydrogen-bond acceptors (Lipinski definition) is 4. The molecular formula is C14H11FN4O. The second-order valence-electron chi connectivity index (χ2n) is 4.36. The summed E-state index contributed by atoms with van der Waals surface area (Å²) in [7, 11) is 0. The fourth-order valence-electron chi connectivity index (χ4n) is 2.03. The van der Waals surface area contributed by atoms with Gasteiger partial charge in [0, 0.05) is 29.9 Å². The van der Waals surface area contributed by atoms with E-state index in [0.29, 0.717) is 18.5 Å². The first-order valence-electron chi connectivity index (χ1n) is 6.14. The Kier molecular flexibility index (Phi) is 3.20. The van der Waals surface area contributed by atoms with Crippen molar-refractivity contribution in [1.82, 2.24) is 15.0 Å². The molecule has 3 rings (SSSR count). The maximum absolute atomic E-state index is 13.1. The Morgan fingerprint density at radius 3 is 2.80 bits per heavy atom. The number of aromatic nitrogens is 2. The molecule has 0 fully saturated rings. The van der Waals surface area contributed by atoms with Gasteiger partial charge in [-0.25, -0.2) is 19.4 Å². The SMILES string of the molecule is O=C(c1cccc(F)c1)N1CCC(c2cncnc2)=N1. The van der Waals surface area contributed by atoms with Gasteiger partial charge in [0.2, 0.25) is 0 Å². The van der Waals surface area contributed by atoms with Crippen molar-refractivity contribution in [2.75, 3.05) is 6.54 Å². The summed E-state index contributed by atoms with van der Waals surface area (Å²) in [5.41, 5.74) is 1.84. The molecule has 100 valence electrons. The molecule has 1 aromatic heterocycles. The van der Waals surface area contributed by atoms with Gasteiger partial charge in [-0.3, -0.25) is 4.79 Å². The van der Waals surface area contributed by atoms with Crippen molar-refractivity contribution in [2.24, 2.45) is 5.10 Å². The van der Waals surface area contributed by atoms with Gasteiger partial charge in [0.25, 0.3) is 5.91 Å². The normalized spacial score (nSPS) is 14.2. The van der Waals surface area contributed by atoms with Crippen molar-refractivity contribution in [3.8, 4) is 0 Å². The third-order valence-electron chi connectivity index (χ3n) is 3.00. The average Bonchev–Trinajstić information content (AvgIpc) is 2.97. The van der Waals surface area contributed by atoms with Gasteiger partial charge in [0.05, 0.1) is 12.3 Å². The number of nitrogens with zero attached hydrogens (tertiary/aromatic N) is 4. The fourth-order valence-corrected chi connectivity index (χ4v) is 2.03. The van der Waals surface area contributed by atoms with Crippen LogP contribution < -0.4 is 0 Å². The molecule has 0 atom stereocenters. The van der Waals surface area contributed by atoms with Crippen molar-refractivity contribution in [3.63, 3.8) is 0 Å². The zero-order chi connectivity index (χ0) is 13.9. The molecule has 0 spiro atoms. The third kappa shape index (κ3) is 2.40. The monoisotopic (exact) mass is 270 g/mol. The summed E-state index contributed by atoms with van der Waals surface area (Å²) in [6.45, 7) is 0.472. The Labute approximate surface area is 114 Å². The Morgan fingerprint density at radius 2 is 2.05 bits per heavy atom. The molecule has 0 saturated carbocycles. The second-order valence-corrected chi connectivity index (χ2v) is 4.36. The van der Waals surface area contributed by atoms with E-state index >= 15 is 0 Å². The lowest BCUT2D eigenvalue weighted by atomic mass is 10.1. The third-order valence-corrected chi connectivity index (χ3v) is 3.00. The van der Waals surface area contributed by atoms with Gasteiger partial charge in [-0.15, -0.1) is 0 Å². The molecule has 1 aromatic carbocycles. The predicted octanol–water partition coefficient (Wildman–Crippen LogP) is 1.87. The van der Waals surface area contributed by atoms with Crippen LogP contribution in [0.25, 0.3) is 0 Å². The van der Waals surface area contributed by atoms with Crippen LogP contribution in [0, 0.1) is 5.82 Å². The van der Waals surface area contributed by atoms with E-state index < -0.39 is 5.82 Å². The number of carbonyl (C=O) groups is 1.